The molecule has 0 unspecified atom stereocenters. The molecule has 0 aliphatic heterocycles. The molecule has 0 aliphatic carbocycles. The van der Waals surface area contributed by atoms with Gasteiger partial charge >= 0.3 is 0 Å². The quantitative estimate of drug-likeness (QED) is 0.505. The monoisotopic (exact) mass is 172 g/mol. The molecule has 0 saturated heterocycles. The second kappa shape index (κ2) is 3.21. The van der Waals surface area contributed by atoms with E-state index in [9.17, 15) is 4.39 Å². The summed E-state index contributed by atoms with van der Waals surface area (Å²) in [6.45, 7) is 6.08. The Balaban J connectivity index is 3.29. The van der Waals surface area contributed by atoms with E-state index in [1.165, 1.54) is 0 Å². The summed E-state index contributed by atoms with van der Waals surface area (Å²) in [6.07, 6.45) is 0. The first kappa shape index (κ1) is 10.4. The van der Waals surface area contributed by atoms with Gasteiger partial charge in [0, 0.05) is 0 Å². The molecule has 1 aromatic carbocycles. The highest BCUT2D eigenvalue weighted by atomic mass is 19.1. The first-order valence-electron chi connectivity index (χ1n) is 4.17. The van der Waals surface area contributed by atoms with Gasteiger partial charge in [0.25, 0.3) is 0 Å². The van der Waals surface area contributed by atoms with Gasteiger partial charge in [0.05, 0.1) is 0 Å². The molecular weight excluding hydrogens is 161 g/mol. The second-order valence-corrected chi connectivity index (χ2v) is 4.22. The van der Waals surface area contributed by atoms with Crippen molar-refractivity contribution in [2.24, 2.45) is 0 Å². The summed E-state index contributed by atoms with van der Waals surface area (Å²) in [6, 6.07) is 3.26. The number of rotatable bonds is 0. The lowest BCUT2D eigenvalue weighted by molar-refractivity contribution is 0.587. The Labute approximate surface area is 81.4 Å². The molecule has 0 saturated carbocycles. The molecular formula is C10H11B2F. The molecule has 1 aromatic rings. The van der Waals surface area contributed by atoms with Gasteiger partial charge in [0.15, 0.2) is 0 Å². The molecule has 0 nitrogen and oxygen atoms in total. The lowest BCUT2D eigenvalue weighted by atomic mass is 9.78. The van der Waals surface area contributed by atoms with Crippen LogP contribution in [0.25, 0.3) is 0 Å². The molecule has 0 atom stereocenters. The lowest BCUT2D eigenvalue weighted by Gasteiger charge is -2.21. The van der Waals surface area contributed by atoms with E-state index in [-0.39, 0.29) is 16.3 Å². The number of halogens is 1. The van der Waals surface area contributed by atoms with E-state index in [0.717, 1.165) is 5.56 Å². The summed E-state index contributed by atoms with van der Waals surface area (Å²) in [5.41, 5.74) is 1.12. The summed E-state index contributed by atoms with van der Waals surface area (Å²) in [5, 5.41) is 0. The van der Waals surface area contributed by atoms with Crippen LogP contribution >= 0.6 is 0 Å². The van der Waals surface area contributed by atoms with Gasteiger partial charge in [-0.05, 0) is 11.0 Å². The fourth-order valence-electron chi connectivity index (χ4n) is 1.10. The molecule has 0 N–H and O–H groups in total. The average Bonchev–Trinajstić information content (AvgIpc) is 1.97. The fourth-order valence-corrected chi connectivity index (χ4v) is 1.10. The SMILES string of the molecule is [B]c1cc(C(C)(C)C)cc([B])c1F. The minimum atomic E-state index is -0.520. The number of hydrogen-bond donors (Lipinski definition) is 0. The van der Waals surface area contributed by atoms with Crippen molar-refractivity contribution in [3.8, 4) is 0 Å². The van der Waals surface area contributed by atoms with Gasteiger partial charge in [-0.25, -0.2) is 4.39 Å². The van der Waals surface area contributed by atoms with Crippen molar-refractivity contribution in [2.75, 3.05) is 0 Å². The van der Waals surface area contributed by atoms with Crippen LogP contribution in [-0.4, -0.2) is 15.7 Å². The molecule has 13 heavy (non-hydrogen) atoms. The molecule has 0 bridgehead atoms. The minimum absolute atomic E-state index is 0.0596. The zero-order valence-electron chi connectivity index (χ0n) is 8.19. The zero-order chi connectivity index (χ0) is 10.2. The van der Waals surface area contributed by atoms with Crippen LogP contribution < -0.4 is 10.9 Å². The van der Waals surface area contributed by atoms with Gasteiger partial charge in [-0.2, -0.15) is 0 Å². The normalized spacial score (nSPS) is 11.7. The van der Waals surface area contributed by atoms with Crippen LogP contribution in [0.5, 0.6) is 0 Å². The van der Waals surface area contributed by atoms with E-state index < -0.39 is 5.82 Å². The average molecular weight is 172 g/mol. The molecule has 0 fully saturated rings. The summed E-state index contributed by atoms with van der Waals surface area (Å²) >= 11 is 0. The van der Waals surface area contributed by atoms with E-state index >= 15 is 0 Å². The zero-order valence-corrected chi connectivity index (χ0v) is 8.19. The van der Waals surface area contributed by atoms with Crippen LogP contribution in [0.15, 0.2) is 12.1 Å². The van der Waals surface area contributed by atoms with E-state index in [4.69, 9.17) is 15.7 Å². The Morgan fingerprint density at radius 1 is 1.08 bits per heavy atom. The van der Waals surface area contributed by atoms with Gasteiger partial charge in [-0.1, -0.05) is 43.8 Å². The molecule has 3 heteroatoms. The van der Waals surface area contributed by atoms with Crippen molar-refractivity contribution in [2.45, 2.75) is 26.2 Å². The molecule has 0 heterocycles. The van der Waals surface area contributed by atoms with Crippen molar-refractivity contribution in [1.29, 1.82) is 0 Å². The Bertz CT molecular complexity index is 303. The van der Waals surface area contributed by atoms with Gasteiger partial charge in [0.1, 0.15) is 21.5 Å². The predicted molar refractivity (Wildman–Crippen MR) is 55.9 cm³/mol. The highest BCUT2D eigenvalue weighted by molar-refractivity contribution is 6.38. The van der Waals surface area contributed by atoms with Crippen LogP contribution in [0.1, 0.15) is 26.3 Å². The third-order valence-corrected chi connectivity index (χ3v) is 1.99. The molecule has 0 aromatic heterocycles. The maximum absolute atomic E-state index is 13.0. The van der Waals surface area contributed by atoms with Gasteiger partial charge in [0.2, 0.25) is 0 Å². The topological polar surface area (TPSA) is 0 Å². The first-order valence-corrected chi connectivity index (χ1v) is 4.17. The third-order valence-electron chi connectivity index (χ3n) is 1.99. The number of benzene rings is 1. The molecule has 4 radical (unpaired) electrons. The van der Waals surface area contributed by atoms with Crippen LogP contribution in [0.3, 0.4) is 0 Å². The van der Waals surface area contributed by atoms with E-state index in [2.05, 4.69) is 0 Å². The van der Waals surface area contributed by atoms with Crippen molar-refractivity contribution in [1.82, 2.24) is 0 Å². The first-order chi connectivity index (χ1) is 5.82. The van der Waals surface area contributed by atoms with Gasteiger partial charge in [-0.3, -0.25) is 0 Å². The van der Waals surface area contributed by atoms with Crippen molar-refractivity contribution in [3.63, 3.8) is 0 Å². The molecule has 64 valence electrons. The smallest absolute Gasteiger partial charge is 0.117 e. The van der Waals surface area contributed by atoms with Crippen LogP contribution in [0.4, 0.5) is 4.39 Å². The highest BCUT2D eigenvalue weighted by Crippen LogP contribution is 2.20. The summed E-state index contributed by atoms with van der Waals surface area (Å²) in [7, 11) is 10.9. The fraction of sp³-hybridized carbons (Fsp3) is 0.400. The Hall–Kier alpha value is -0.720. The van der Waals surface area contributed by atoms with Crippen LogP contribution in [0, 0.1) is 5.82 Å². The van der Waals surface area contributed by atoms with Gasteiger partial charge in [-0.15, -0.1) is 0 Å². The van der Waals surface area contributed by atoms with Crippen molar-refractivity contribution >= 4 is 26.6 Å². The second-order valence-electron chi connectivity index (χ2n) is 4.22. The Morgan fingerprint density at radius 2 is 1.46 bits per heavy atom. The van der Waals surface area contributed by atoms with Gasteiger partial charge < -0.3 is 0 Å². The van der Waals surface area contributed by atoms with E-state index in [0.29, 0.717) is 0 Å². The van der Waals surface area contributed by atoms with Crippen LogP contribution in [-0.2, 0) is 5.41 Å². The predicted octanol–water partition coefficient (Wildman–Crippen LogP) is 0.711. The molecule has 0 spiro atoms. The summed E-state index contributed by atoms with van der Waals surface area (Å²) < 4.78 is 13.0. The van der Waals surface area contributed by atoms with Crippen LogP contribution in [0.2, 0.25) is 0 Å². The Morgan fingerprint density at radius 3 is 1.77 bits per heavy atom. The Kier molecular flexibility index (Phi) is 2.56. The van der Waals surface area contributed by atoms with E-state index in [1.807, 2.05) is 20.8 Å². The highest BCUT2D eigenvalue weighted by Gasteiger charge is 2.15. The standard InChI is InChI=1S/C10H11B2F/c1-10(2,3)6-4-7(11)9(13)8(12)5-6/h4-5H,1-3H3. The summed E-state index contributed by atoms with van der Waals surface area (Å²) in [5.74, 6) is -0.520. The third kappa shape index (κ3) is 2.15. The number of hydrogen-bond acceptors (Lipinski definition) is 0. The minimum Gasteiger partial charge on any atom is -0.208 e. The molecule has 0 amide bonds. The lowest BCUT2D eigenvalue weighted by Crippen LogP contribution is -2.26. The largest absolute Gasteiger partial charge is 0.208 e. The van der Waals surface area contributed by atoms with E-state index in [1.54, 1.807) is 12.1 Å². The maximum atomic E-state index is 13.0. The molecule has 1 rings (SSSR count). The van der Waals surface area contributed by atoms with Crippen molar-refractivity contribution < 1.29 is 4.39 Å². The molecule has 0 aliphatic rings. The summed E-state index contributed by atoms with van der Waals surface area (Å²) in [4.78, 5) is 0. The maximum Gasteiger partial charge on any atom is 0.117 e. The van der Waals surface area contributed by atoms with Crippen molar-refractivity contribution in [3.05, 3.63) is 23.5 Å².